The van der Waals surface area contributed by atoms with E-state index in [1.54, 1.807) is 12.5 Å². The standard InChI is InChI=1S/C18H26N4O2/c1-3-14(2)17(23)11-21-18(24)20-10-15-5-4-6-16(9-15)12-22-8-7-19-13-22/h4-9,13-14,17,23H,3,10-12H2,1-2H3,(H2,20,21,24). The van der Waals surface area contributed by atoms with Crippen LogP contribution in [0.4, 0.5) is 4.79 Å². The van der Waals surface area contributed by atoms with Gasteiger partial charge in [0, 0.05) is 32.0 Å². The zero-order valence-corrected chi connectivity index (χ0v) is 14.3. The number of carbonyl (C=O) groups excluding carboxylic acids is 1. The lowest BCUT2D eigenvalue weighted by Gasteiger charge is -2.17. The highest BCUT2D eigenvalue weighted by molar-refractivity contribution is 5.73. The molecule has 0 aliphatic rings. The first-order chi connectivity index (χ1) is 11.6. The van der Waals surface area contributed by atoms with Crippen molar-refractivity contribution in [2.45, 2.75) is 39.5 Å². The Morgan fingerprint density at radius 3 is 2.83 bits per heavy atom. The van der Waals surface area contributed by atoms with E-state index in [1.807, 2.05) is 42.8 Å². The Morgan fingerprint density at radius 1 is 1.33 bits per heavy atom. The Kier molecular flexibility index (Phi) is 6.81. The van der Waals surface area contributed by atoms with E-state index in [-0.39, 0.29) is 18.5 Å². The molecule has 1 heterocycles. The summed E-state index contributed by atoms with van der Waals surface area (Å²) in [6, 6.07) is 7.80. The van der Waals surface area contributed by atoms with Crippen molar-refractivity contribution in [1.82, 2.24) is 20.2 Å². The van der Waals surface area contributed by atoms with Crippen molar-refractivity contribution >= 4 is 6.03 Å². The van der Waals surface area contributed by atoms with Crippen molar-refractivity contribution in [2.24, 2.45) is 5.92 Å². The van der Waals surface area contributed by atoms with Gasteiger partial charge in [-0.25, -0.2) is 9.78 Å². The summed E-state index contributed by atoms with van der Waals surface area (Å²) in [6.45, 7) is 5.45. The molecule has 1 aromatic carbocycles. The minimum absolute atomic E-state index is 0.171. The number of hydrogen-bond acceptors (Lipinski definition) is 3. The van der Waals surface area contributed by atoms with Gasteiger partial charge in [-0.15, -0.1) is 0 Å². The van der Waals surface area contributed by atoms with Gasteiger partial charge >= 0.3 is 6.03 Å². The van der Waals surface area contributed by atoms with Crippen molar-refractivity contribution in [3.05, 3.63) is 54.1 Å². The van der Waals surface area contributed by atoms with Gasteiger partial charge in [0.05, 0.1) is 12.4 Å². The smallest absolute Gasteiger partial charge is 0.315 e. The fourth-order valence-electron chi connectivity index (χ4n) is 2.34. The van der Waals surface area contributed by atoms with Crippen molar-refractivity contribution in [1.29, 1.82) is 0 Å². The van der Waals surface area contributed by atoms with Crippen LogP contribution in [0.2, 0.25) is 0 Å². The Morgan fingerprint density at radius 2 is 2.12 bits per heavy atom. The second-order valence-corrected chi connectivity index (χ2v) is 6.07. The maximum absolute atomic E-state index is 11.8. The average Bonchev–Trinajstić information content (AvgIpc) is 3.10. The summed E-state index contributed by atoms with van der Waals surface area (Å²) < 4.78 is 2.00. The molecule has 2 atom stereocenters. The highest BCUT2D eigenvalue weighted by atomic mass is 16.3. The number of nitrogens with zero attached hydrogens (tertiary/aromatic N) is 2. The number of hydrogen-bond donors (Lipinski definition) is 3. The monoisotopic (exact) mass is 330 g/mol. The largest absolute Gasteiger partial charge is 0.391 e. The molecule has 0 spiro atoms. The lowest BCUT2D eigenvalue weighted by Crippen LogP contribution is -2.41. The number of rotatable bonds is 8. The molecule has 2 amide bonds. The summed E-state index contributed by atoms with van der Waals surface area (Å²) in [5, 5.41) is 15.4. The molecular weight excluding hydrogens is 304 g/mol. The van der Waals surface area contributed by atoms with E-state index in [9.17, 15) is 9.90 Å². The van der Waals surface area contributed by atoms with Crippen LogP contribution in [0.5, 0.6) is 0 Å². The Bertz CT molecular complexity index is 628. The maximum atomic E-state index is 11.8. The summed E-state index contributed by atoms with van der Waals surface area (Å²) in [6.07, 6.45) is 5.82. The second-order valence-electron chi connectivity index (χ2n) is 6.07. The third-order valence-corrected chi connectivity index (χ3v) is 4.14. The molecule has 0 bridgehead atoms. The normalized spacial score (nSPS) is 13.3. The molecule has 0 fully saturated rings. The molecule has 0 radical (unpaired) electrons. The molecule has 24 heavy (non-hydrogen) atoms. The van der Waals surface area contributed by atoms with Crippen LogP contribution in [0.1, 0.15) is 31.4 Å². The summed E-state index contributed by atoms with van der Waals surface area (Å²) in [7, 11) is 0. The van der Waals surface area contributed by atoms with Crippen LogP contribution < -0.4 is 10.6 Å². The Balaban J connectivity index is 1.78. The number of aliphatic hydroxyl groups is 1. The predicted octanol–water partition coefficient (Wildman–Crippen LogP) is 2.14. The number of aliphatic hydroxyl groups excluding tert-OH is 1. The minimum Gasteiger partial charge on any atom is -0.391 e. The third kappa shape index (κ3) is 5.70. The highest BCUT2D eigenvalue weighted by Crippen LogP contribution is 2.08. The first kappa shape index (κ1) is 18.0. The quantitative estimate of drug-likeness (QED) is 0.694. The van der Waals surface area contributed by atoms with Gasteiger partial charge in [-0.3, -0.25) is 0 Å². The molecule has 0 aliphatic heterocycles. The molecule has 1 aromatic heterocycles. The van der Waals surface area contributed by atoms with Crippen LogP contribution in [0.3, 0.4) is 0 Å². The Labute approximate surface area is 142 Å². The zero-order chi connectivity index (χ0) is 17.4. The van der Waals surface area contributed by atoms with Crippen LogP contribution in [0.15, 0.2) is 43.0 Å². The van der Waals surface area contributed by atoms with Gasteiger partial charge in [-0.2, -0.15) is 0 Å². The van der Waals surface area contributed by atoms with E-state index in [0.717, 1.165) is 24.1 Å². The van der Waals surface area contributed by atoms with Crippen molar-refractivity contribution in [2.75, 3.05) is 6.54 Å². The van der Waals surface area contributed by atoms with Crippen molar-refractivity contribution < 1.29 is 9.90 Å². The van der Waals surface area contributed by atoms with E-state index < -0.39 is 6.10 Å². The number of aromatic nitrogens is 2. The maximum Gasteiger partial charge on any atom is 0.315 e. The zero-order valence-electron chi connectivity index (χ0n) is 14.3. The number of urea groups is 1. The van der Waals surface area contributed by atoms with Gasteiger partial charge in [0.15, 0.2) is 0 Å². The van der Waals surface area contributed by atoms with Gasteiger partial charge < -0.3 is 20.3 Å². The van der Waals surface area contributed by atoms with Gasteiger partial charge in [0.25, 0.3) is 0 Å². The lowest BCUT2D eigenvalue weighted by atomic mass is 10.0. The van der Waals surface area contributed by atoms with Gasteiger partial charge in [0.1, 0.15) is 0 Å². The fourth-order valence-corrected chi connectivity index (χ4v) is 2.34. The predicted molar refractivity (Wildman–Crippen MR) is 93.5 cm³/mol. The van der Waals surface area contributed by atoms with E-state index in [2.05, 4.69) is 21.7 Å². The summed E-state index contributed by atoms with van der Waals surface area (Å²) in [4.78, 5) is 15.9. The lowest BCUT2D eigenvalue weighted by molar-refractivity contribution is 0.114. The molecule has 2 unspecified atom stereocenters. The van der Waals surface area contributed by atoms with E-state index in [1.165, 1.54) is 0 Å². The minimum atomic E-state index is -0.515. The first-order valence-corrected chi connectivity index (χ1v) is 8.31. The summed E-state index contributed by atoms with van der Waals surface area (Å²) >= 11 is 0. The number of benzene rings is 1. The van der Waals surface area contributed by atoms with E-state index >= 15 is 0 Å². The summed E-state index contributed by atoms with van der Waals surface area (Å²) in [5.74, 6) is 0.171. The van der Waals surface area contributed by atoms with Crippen molar-refractivity contribution in [3.63, 3.8) is 0 Å². The number of amides is 2. The average molecular weight is 330 g/mol. The molecule has 6 nitrogen and oxygen atoms in total. The topological polar surface area (TPSA) is 79.2 Å². The molecule has 130 valence electrons. The SMILES string of the molecule is CCC(C)C(O)CNC(=O)NCc1cccc(Cn2ccnc2)c1. The molecule has 3 N–H and O–H groups in total. The van der Waals surface area contributed by atoms with Crippen LogP contribution in [0, 0.1) is 5.92 Å². The molecule has 2 rings (SSSR count). The second kappa shape index (κ2) is 9.08. The molecule has 0 saturated carbocycles. The molecule has 0 aliphatic carbocycles. The first-order valence-electron chi connectivity index (χ1n) is 8.31. The molecule has 2 aromatic rings. The van der Waals surface area contributed by atoms with Crippen LogP contribution in [0.25, 0.3) is 0 Å². The Hall–Kier alpha value is -2.34. The number of carbonyl (C=O) groups is 1. The third-order valence-electron chi connectivity index (χ3n) is 4.14. The van der Waals surface area contributed by atoms with Gasteiger partial charge in [0.2, 0.25) is 0 Å². The number of imidazole rings is 1. The summed E-state index contributed by atoms with van der Waals surface area (Å²) in [5.41, 5.74) is 2.19. The van der Waals surface area contributed by atoms with Crippen LogP contribution in [-0.2, 0) is 13.1 Å². The molecule has 6 heteroatoms. The molecular formula is C18H26N4O2. The molecule has 0 saturated heterocycles. The van der Waals surface area contributed by atoms with Crippen molar-refractivity contribution in [3.8, 4) is 0 Å². The van der Waals surface area contributed by atoms with Crippen LogP contribution in [-0.4, -0.2) is 33.3 Å². The van der Waals surface area contributed by atoms with E-state index in [0.29, 0.717) is 6.54 Å². The van der Waals surface area contributed by atoms with Gasteiger partial charge in [-0.05, 0) is 17.0 Å². The fraction of sp³-hybridized carbons (Fsp3) is 0.444. The van der Waals surface area contributed by atoms with Crippen LogP contribution >= 0.6 is 0 Å². The number of nitrogens with one attached hydrogen (secondary N) is 2. The van der Waals surface area contributed by atoms with E-state index in [4.69, 9.17) is 0 Å². The van der Waals surface area contributed by atoms with Gasteiger partial charge in [-0.1, -0.05) is 44.5 Å². The highest BCUT2D eigenvalue weighted by Gasteiger charge is 2.13.